The molecule has 1 amide bonds. The van der Waals surface area contributed by atoms with Crippen LogP contribution in [0.3, 0.4) is 0 Å². The van der Waals surface area contributed by atoms with Crippen molar-refractivity contribution in [3.63, 3.8) is 0 Å². The summed E-state index contributed by atoms with van der Waals surface area (Å²) in [5, 5.41) is 3.11. The van der Waals surface area contributed by atoms with Crippen LogP contribution in [-0.2, 0) is 11.2 Å². The Bertz CT molecular complexity index is 464. The van der Waals surface area contributed by atoms with Crippen molar-refractivity contribution >= 4 is 11.6 Å². The highest BCUT2D eigenvalue weighted by atomic mass is 16.1. The quantitative estimate of drug-likeness (QED) is 0.834. The van der Waals surface area contributed by atoms with Crippen LogP contribution in [0.2, 0.25) is 0 Å². The van der Waals surface area contributed by atoms with Gasteiger partial charge in [0.2, 0.25) is 5.91 Å². The number of nitrogens with two attached hydrogens (primary N) is 1. The number of para-hydroxylation sites is 1. The second-order valence-corrected chi connectivity index (χ2v) is 6.40. The molecule has 0 saturated heterocycles. The van der Waals surface area contributed by atoms with Crippen LogP contribution < -0.4 is 11.1 Å². The minimum atomic E-state index is 0.0298. The molecule has 0 heterocycles. The molecule has 3 N–H and O–H groups in total. The van der Waals surface area contributed by atoms with Crippen LogP contribution in [0.5, 0.6) is 0 Å². The number of rotatable bonds is 6. The Morgan fingerprint density at radius 2 is 1.95 bits per heavy atom. The van der Waals surface area contributed by atoms with Gasteiger partial charge in [-0.2, -0.15) is 0 Å². The number of nitrogens with one attached hydrogen (secondary N) is 1. The van der Waals surface area contributed by atoms with Gasteiger partial charge in [-0.15, -0.1) is 0 Å². The number of anilines is 1. The molecule has 2 rings (SSSR count). The standard InChI is InChI=1S/C18H28N2O/c1-2-8-15-9-4-5-10-16(15)20-17(21)13-18(14-19)11-6-3-7-12-18/h4-5,9-10H,2-3,6-8,11-14,19H2,1H3,(H,20,21). The van der Waals surface area contributed by atoms with E-state index in [4.69, 9.17) is 5.73 Å². The third-order valence-corrected chi connectivity index (χ3v) is 4.69. The Balaban J connectivity index is 2.01. The predicted octanol–water partition coefficient (Wildman–Crippen LogP) is 3.88. The summed E-state index contributed by atoms with van der Waals surface area (Å²) < 4.78 is 0. The molecule has 0 aromatic heterocycles. The molecule has 1 aromatic carbocycles. The fourth-order valence-electron chi connectivity index (χ4n) is 3.42. The van der Waals surface area contributed by atoms with Gasteiger partial charge in [0.05, 0.1) is 0 Å². The fourth-order valence-corrected chi connectivity index (χ4v) is 3.42. The maximum absolute atomic E-state index is 12.4. The van der Waals surface area contributed by atoms with Crippen molar-refractivity contribution in [3.8, 4) is 0 Å². The van der Waals surface area contributed by atoms with E-state index in [0.29, 0.717) is 13.0 Å². The maximum Gasteiger partial charge on any atom is 0.224 e. The fraction of sp³-hybridized carbons (Fsp3) is 0.611. The van der Waals surface area contributed by atoms with E-state index in [-0.39, 0.29) is 11.3 Å². The number of carbonyl (C=O) groups is 1. The van der Waals surface area contributed by atoms with Gasteiger partial charge >= 0.3 is 0 Å². The zero-order chi connectivity index (χ0) is 15.1. The van der Waals surface area contributed by atoms with Crippen LogP contribution in [0.1, 0.15) is 57.4 Å². The number of benzene rings is 1. The molecular weight excluding hydrogens is 260 g/mol. The molecule has 1 aliphatic carbocycles. The molecule has 3 nitrogen and oxygen atoms in total. The Hall–Kier alpha value is -1.35. The zero-order valence-electron chi connectivity index (χ0n) is 13.2. The average molecular weight is 288 g/mol. The summed E-state index contributed by atoms with van der Waals surface area (Å²) in [7, 11) is 0. The molecule has 0 bridgehead atoms. The second kappa shape index (κ2) is 7.60. The van der Waals surface area contributed by atoms with Crippen molar-refractivity contribution in [2.45, 2.75) is 58.3 Å². The number of hydrogen-bond acceptors (Lipinski definition) is 2. The van der Waals surface area contributed by atoms with E-state index in [1.165, 1.54) is 24.8 Å². The van der Waals surface area contributed by atoms with Crippen LogP contribution in [0.25, 0.3) is 0 Å². The van der Waals surface area contributed by atoms with E-state index in [9.17, 15) is 4.79 Å². The van der Waals surface area contributed by atoms with Crippen LogP contribution in [-0.4, -0.2) is 12.5 Å². The SMILES string of the molecule is CCCc1ccccc1NC(=O)CC1(CN)CCCCC1. The lowest BCUT2D eigenvalue weighted by Crippen LogP contribution is -2.36. The second-order valence-electron chi connectivity index (χ2n) is 6.40. The van der Waals surface area contributed by atoms with Crippen molar-refractivity contribution in [1.29, 1.82) is 0 Å². The first-order chi connectivity index (χ1) is 10.2. The third kappa shape index (κ3) is 4.31. The average Bonchev–Trinajstić information content (AvgIpc) is 2.50. The molecule has 0 atom stereocenters. The molecule has 1 fully saturated rings. The Morgan fingerprint density at radius 1 is 1.24 bits per heavy atom. The molecule has 1 aromatic rings. The van der Waals surface area contributed by atoms with Crippen molar-refractivity contribution in [3.05, 3.63) is 29.8 Å². The molecule has 0 spiro atoms. The summed E-state index contributed by atoms with van der Waals surface area (Å²) in [6.45, 7) is 2.78. The van der Waals surface area contributed by atoms with Gasteiger partial charge < -0.3 is 11.1 Å². The van der Waals surface area contributed by atoms with E-state index in [1.54, 1.807) is 0 Å². The minimum Gasteiger partial charge on any atom is -0.330 e. The van der Waals surface area contributed by atoms with E-state index in [1.807, 2.05) is 18.2 Å². The van der Waals surface area contributed by atoms with Crippen LogP contribution in [0.15, 0.2) is 24.3 Å². The van der Waals surface area contributed by atoms with Gasteiger partial charge in [-0.25, -0.2) is 0 Å². The molecule has 116 valence electrons. The first kappa shape index (κ1) is 16.0. The van der Waals surface area contributed by atoms with Crippen LogP contribution in [0, 0.1) is 5.41 Å². The topological polar surface area (TPSA) is 55.1 Å². The molecule has 3 heteroatoms. The van der Waals surface area contributed by atoms with E-state index in [0.717, 1.165) is 31.4 Å². The zero-order valence-corrected chi connectivity index (χ0v) is 13.2. The normalized spacial score (nSPS) is 17.4. The predicted molar refractivity (Wildman–Crippen MR) is 88.3 cm³/mol. The van der Waals surface area contributed by atoms with Gasteiger partial charge in [0, 0.05) is 12.1 Å². The summed E-state index contributed by atoms with van der Waals surface area (Å²) >= 11 is 0. The van der Waals surface area contributed by atoms with E-state index in [2.05, 4.69) is 18.3 Å². The van der Waals surface area contributed by atoms with Crippen molar-refractivity contribution < 1.29 is 4.79 Å². The summed E-state index contributed by atoms with van der Waals surface area (Å²) in [5.41, 5.74) is 8.19. The Labute approximate surface area is 128 Å². The van der Waals surface area contributed by atoms with Gasteiger partial charge in [-0.1, -0.05) is 50.8 Å². The number of hydrogen-bond donors (Lipinski definition) is 2. The first-order valence-electron chi connectivity index (χ1n) is 8.27. The molecular formula is C18H28N2O. The van der Waals surface area contributed by atoms with Crippen LogP contribution in [0.4, 0.5) is 5.69 Å². The number of amides is 1. The minimum absolute atomic E-state index is 0.0298. The van der Waals surface area contributed by atoms with Gasteiger partial charge in [-0.05, 0) is 42.9 Å². The lowest BCUT2D eigenvalue weighted by Gasteiger charge is -2.35. The lowest BCUT2D eigenvalue weighted by atomic mass is 9.71. The van der Waals surface area contributed by atoms with E-state index >= 15 is 0 Å². The Kier molecular flexibility index (Phi) is 5.80. The summed E-state index contributed by atoms with van der Waals surface area (Å²) in [6, 6.07) is 8.11. The highest BCUT2D eigenvalue weighted by Gasteiger charge is 2.33. The molecule has 0 aliphatic heterocycles. The number of aryl methyl sites for hydroxylation is 1. The first-order valence-corrected chi connectivity index (χ1v) is 8.27. The number of carbonyl (C=O) groups excluding carboxylic acids is 1. The molecule has 1 aliphatic rings. The lowest BCUT2D eigenvalue weighted by molar-refractivity contribution is -0.118. The third-order valence-electron chi connectivity index (χ3n) is 4.69. The largest absolute Gasteiger partial charge is 0.330 e. The van der Waals surface area contributed by atoms with Gasteiger partial charge in [0.1, 0.15) is 0 Å². The summed E-state index contributed by atoms with van der Waals surface area (Å²) in [4.78, 5) is 12.4. The highest BCUT2D eigenvalue weighted by molar-refractivity contribution is 5.92. The maximum atomic E-state index is 12.4. The van der Waals surface area contributed by atoms with Crippen LogP contribution >= 0.6 is 0 Å². The Morgan fingerprint density at radius 3 is 2.62 bits per heavy atom. The smallest absolute Gasteiger partial charge is 0.224 e. The van der Waals surface area contributed by atoms with Gasteiger partial charge in [0.25, 0.3) is 0 Å². The highest BCUT2D eigenvalue weighted by Crippen LogP contribution is 2.38. The molecule has 21 heavy (non-hydrogen) atoms. The van der Waals surface area contributed by atoms with Crippen molar-refractivity contribution in [2.75, 3.05) is 11.9 Å². The summed E-state index contributed by atoms with van der Waals surface area (Å²) in [5.74, 6) is 0.117. The van der Waals surface area contributed by atoms with Crippen molar-refractivity contribution in [1.82, 2.24) is 0 Å². The van der Waals surface area contributed by atoms with Gasteiger partial charge in [-0.3, -0.25) is 4.79 Å². The summed E-state index contributed by atoms with van der Waals surface area (Å²) in [6.07, 6.45) is 8.51. The molecule has 0 radical (unpaired) electrons. The molecule has 1 saturated carbocycles. The molecule has 0 unspecified atom stereocenters. The van der Waals surface area contributed by atoms with E-state index < -0.39 is 0 Å². The van der Waals surface area contributed by atoms with Gasteiger partial charge in [0.15, 0.2) is 0 Å². The van der Waals surface area contributed by atoms with Crippen molar-refractivity contribution in [2.24, 2.45) is 11.1 Å². The monoisotopic (exact) mass is 288 g/mol.